The summed E-state index contributed by atoms with van der Waals surface area (Å²) in [5.74, 6) is -0.644. The molecule has 2 unspecified atom stereocenters. The van der Waals surface area contributed by atoms with Gasteiger partial charge in [-0.1, -0.05) is 14.6 Å². The predicted octanol–water partition coefficient (Wildman–Crippen LogP) is 2.25. The molecule has 1 aromatic heterocycles. The third-order valence-corrected chi connectivity index (χ3v) is 2.44. The first-order valence-electron chi connectivity index (χ1n) is 3.69. The van der Waals surface area contributed by atoms with Crippen LogP contribution in [0, 0.1) is 6.92 Å². The van der Waals surface area contributed by atoms with Crippen LogP contribution in [0.5, 0.6) is 0 Å². The molecule has 0 radical (unpaired) electrons. The molecule has 12 heavy (non-hydrogen) atoms. The number of nitrogens with zero attached hydrogens (tertiary/aromatic N) is 1. The van der Waals surface area contributed by atoms with Crippen LogP contribution in [-0.4, -0.2) is 11.6 Å². The van der Waals surface area contributed by atoms with Crippen LogP contribution in [0.3, 0.4) is 0 Å². The van der Waals surface area contributed by atoms with E-state index in [1.54, 1.807) is 12.1 Å². The Morgan fingerprint density at radius 3 is 2.75 bits per heavy atom. The molecule has 2 atom stereocenters. The van der Waals surface area contributed by atoms with Gasteiger partial charge in [-0.05, 0) is 19.7 Å². The molecule has 0 bridgehead atoms. The number of rotatable bonds is 2. The average Bonchev–Trinajstić information content (AvgIpc) is 2.03. The minimum Gasteiger partial charge on any atom is -0.383 e. The van der Waals surface area contributed by atoms with Crippen LogP contribution in [0.4, 0.5) is 10.2 Å². The molecule has 0 spiro atoms. The summed E-state index contributed by atoms with van der Waals surface area (Å²) in [6, 6.07) is 3.48. The maximum Gasteiger partial charge on any atom is 0.144 e. The fourth-order valence-electron chi connectivity index (χ4n) is 0.957. The van der Waals surface area contributed by atoms with Crippen LogP contribution in [0.2, 0.25) is 0 Å². The molecule has 0 fully saturated rings. The van der Waals surface area contributed by atoms with Crippen molar-refractivity contribution in [2.45, 2.75) is 12.8 Å². The van der Waals surface area contributed by atoms with Gasteiger partial charge in [0, 0.05) is 11.3 Å². The van der Waals surface area contributed by atoms with Crippen LogP contribution in [-0.2, 0) is 0 Å². The van der Waals surface area contributed by atoms with Gasteiger partial charge in [-0.15, -0.1) is 0 Å². The van der Waals surface area contributed by atoms with Gasteiger partial charge < -0.3 is 5.73 Å². The Kier molecular flexibility index (Phi) is 2.99. The molecule has 0 amide bonds. The lowest BCUT2D eigenvalue weighted by atomic mass is 10.2. The Morgan fingerprint density at radius 1 is 1.58 bits per heavy atom. The first kappa shape index (κ1) is 9.40. The molecule has 2 N–H and O–H groups in total. The molecule has 0 aromatic carbocycles. The largest absolute Gasteiger partial charge is 0.383 e. The normalized spacial score (nSPS) is 13.9. The number of pyridine rings is 1. The second kappa shape index (κ2) is 3.81. The molecule has 1 heterocycles. The molecule has 0 saturated heterocycles. The topological polar surface area (TPSA) is 38.9 Å². The van der Waals surface area contributed by atoms with E-state index in [1.165, 1.54) is 0 Å². The molecule has 4 heteroatoms. The Bertz CT molecular complexity index is 278. The van der Waals surface area contributed by atoms with Crippen molar-refractivity contribution in [3.05, 3.63) is 23.4 Å². The second-order valence-corrected chi connectivity index (χ2v) is 3.66. The molecule has 0 aliphatic rings. The minimum atomic E-state index is -0.960. The molecule has 0 aliphatic heterocycles. The smallest absolute Gasteiger partial charge is 0.144 e. The quantitative estimate of drug-likeness (QED) is 0.719. The monoisotopic (exact) mass is 186 g/mol. The summed E-state index contributed by atoms with van der Waals surface area (Å²) >= 11 is 0. The second-order valence-electron chi connectivity index (χ2n) is 2.58. The van der Waals surface area contributed by atoms with Gasteiger partial charge in [0.2, 0.25) is 0 Å². The van der Waals surface area contributed by atoms with Crippen LogP contribution in [0.1, 0.15) is 17.2 Å². The van der Waals surface area contributed by atoms with Crippen LogP contribution in [0.15, 0.2) is 12.1 Å². The van der Waals surface area contributed by atoms with Crippen molar-refractivity contribution in [1.82, 2.24) is 4.98 Å². The van der Waals surface area contributed by atoms with Gasteiger partial charge >= 0.3 is 0 Å². The van der Waals surface area contributed by atoms with E-state index < -0.39 is 5.91 Å². The SMILES string of the molecule is CPC(F)c1ccc(C)nc1N. The van der Waals surface area contributed by atoms with Gasteiger partial charge in [0.1, 0.15) is 11.7 Å². The summed E-state index contributed by atoms with van der Waals surface area (Å²) in [6.45, 7) is 3.64. The third-order valence-electron chi connectivity index (χ3n) is 1.62. The van der Waals surface area contributed by atoms with E-state index in [9.17, 15) is 4.39 Å². The molecule has 1 aromatic rings. The van der Waals surface area contributed by atoms with Gasteiger partial charge in [0.25, 0.3) is 0 Å². The number of aromatic nitrogens is 1. The van der Waals surface area contributed by atoms with Crippen molar-refractivity contribution in [3.63, 3.8) is 0 Å². The van der Waals surface area contributed by atoms with E-state index in [0.717, 1.165) is 5.69 Å². The highest BCUT2D eigenvalue weighted by Gasteiger charge is 2.10. The highest BCUT2D eigenvalue weighted by molar-refractivity contribution is 7.37. The van der Waals surface area contributed by atoms with E-state index in [1.807, 2.05) is 13.6 Å². The van der Waals surface area contributed by atoms with Gasteiger partial charge in [-0.2, -0.15) is 0 Å². The summed E-state index contributed by atoms with van der Waals surface area (Å²) in [7, 11) is 0.215. The van der Waals surface area contributed by atoms with Gasteiger partial charge in [0.15, 0.2) is 0 Å². The summed E-state index contributed by atoms with van der Waals surface area (Å²) in [6.07, 6.45) is 0. The lowest BCUT2D eigenvalue weighted by Gasteiger charge is -2.08. The number of nitrogen functional groups attached to an aromatic ring is 1. The lowest BCUT2D eigenvalue weighted by Crippen LogP contribution is -1.99. The average molecular weight is 186 g/mol. The zero-order valence-corrected chi connectivity index (χ0v) is 8.13. The van der Waals surface area contributed by atoms with Crippen molar-refractivity contribution in [2.75, 3.05) is 12.4 Å². The van der Waals surface area contributed by atoms with Crippen LogP contribution < -0.4 is 5.73 Å². The number of nitrogens with two attached hydrogens (primary N) is 1. The standard InChI is InChI=1S/C8H12FN2P/c1-5-3-4-6(7(9)12-2)8(10)11-5/h3-4,7,12H,1-2H3,(H2,10,11). The van der Waals surface area contributed by atoms with E-state index in [0.29, 0.717) is 11.4 Å². The van der Waals surface area contributed by atoms with Crippen LogP contribution >= 0.6 is 8.58 Å². The first-order valence-corrected chi connectivity index (χ1v) is 5.27. The Balaban J connectivity index is 3.01. The van der Waals surface area contributed by atoms with Crippen molar-refractivity contribution < 1.29 is 4.39 Å². The Hall–Kier alpha value is -0.690. The van der Waals surface area contributed by atoms with Gasteiger partial charge in [-0.3, -0.25) is 0 Å². The molecule has 1 rings (SSSR count). The summed E-state index contributed by atoms with van der Waals surface area (Å²) in [4.78, 5) is 3.98. The van der Waals surface area contributed by atoms with Gasteiger partial charge in [-0.25, -0.2) is 9.37 Å². The number of aryl methyl sites for hydroxylation is 1. The Morgan fingerprint density at radius 2 is 2.25 bits per heavy atom. The van der Waals surface area contributed by atoms with Crippen molar-refractivity contribution in [2.24, 2.45) is 0 Å². The molecule has 2 nitrogen and oxygen atoms in total. The van der Waals surface area contributed by atoms with Gasteiger partial charge in [0.05, 0.1) is 0 Å². The maximum absolute atomic E-state index is 13.1. The summed E-state index contributed by atoms with van der Waals surface area (Å²) in [5.41, 5.74) is 6.89. The summed E-state index contributed by atoms with van der Waals surface area (Å²) in [5, 5.41) is 0. The van der Waals surface area contributed by atoms with Crippen LogP contribution in [0.25, 0.3) is 0 Å². The van der Waals surface area contributed by atoms with Crippen molar-refractivity contribution >= 4 is 14.4 Å². The number of anilines is 1. The van der Waals surface area contributed by atoms with Crippen molar-refractivity contribution in [3.8, 4) is 0 Å². The highest BCUT2D eigenvalue weighted by atomic mass is 31.1. The van der Waals surface area contributed by atoms with E-state index in [4.69, 9.17) is 5.73 Å². The highest BCUT2D eigenvalue weighted by Crippen LogP contribution is 2.35. The zero-order valence-electron chi connectivity index (χ0n) is 7.13. The number of halogens is 1. The minimum absolute atomic E-state index is 0.215. The predicted molar refractivity (Wildman–Crippen MR) is 51.5 cm³/mol. The fourth-order valence-corrected chi connectivity index (χ4v) is 1.51. The number of hydrogen-bond donors (Lipinski definition) is 1. The van der Waals surface area contributed by atoms with Crippen molar-refractivity contribution in [1.29, 1.82) is 0 Å². The molecule has 0 saturated carbocycles. The van der Waals surface area contributed by atoms with E-state index >= 15 is 0 Å². The van der Waals surface area contributed by atoms with E-state index in [-0.39, 0.29) is 8.58 Å². The fraction of sp³-hybridized carbons (Fsp3) is 0.375. The molecular formula is C8H12FN2P. The van der Waals surface area contributed by atoms with E-state index in [2.05, 4.69) is 4.98 Å². The number of alkyl halides is 1. The first-order chi connectivity index (χ1) is 5.65. The molecule has 66 valence electrons. The third kappa shape index (κ3) is 1.92. The zero-order chi connectivity index (χ0) is 9.14. The lowest BCUT2D eigenvalue weighted by molar-refractivity contribution is 0.466. The summed E-state index contributed by atoms with van der Waals surface area (Å²) < 4.78 is 13.1. The number of hydrogen-bond acceptors (Lipinski definition) is 2. The maximum atomic E-state index is 13.1. The molecule has 0 aliphatic carbocycles. The molecular weight excluding hydrogens is 174 g/mol. The Labute approximate surface area is 73.2 Å².